The quantitative estimate of drug-likeness (QED) is 0.578. The van der Waals surface area contributed by atoms with Crippen LogP contribution in [0.2, 0.25) is 0 Å². The molecule has 0 spiro atoms. The van der Waals surface area contributed by atoms with E-state index >= 15 is 0 Å². The molecule has 0 aliphatic heterocycles. The molecule has 0 bridgehead atoms. The fraction of sp³-hybridized carbons (Fsp3) is 0.0588. The summed E-state index contributed by atoms with van der Waals surface area (Å²) in [6, 6.07) is 15.3. The van der Waals surface area contributed by atoms with Gasteiger partial charge in [-0.3, -0.25) is 5.10 Å². The molecule has 0 amide bonds. The van der Waals surface area contributed by atoms with Gasteiger partial charge >= 0.3 is 0 Å². The van der Waals surface area contributed by atoms with Gasteiger partial charge in [-0.15, -0.1) is 11.3 Å². The Labute approximate surface area is 131 Å². The molecule has 2 aromatic heterocycles. The Morgan fingerprint density at radius 3 is 2.82 bits per heavy atom. The number of phenolic OH excluding ortho intramolecular Hbond substituents is 1. The van der Waals surface area contributed by atoms with E-state index in [-0.39, 0.29) is 5.75 Å². The van der Waals surface area contributed by atoms with Gasteiger partial charge in [0.25, 0.3) is 0 Å². The smallest absolute Gasteiger partial charge is 0.145 e. The van der Waals surface area contributed by atoms with Crippen LogP contribution in [0.1, 0.15) is 5.69 Å². The van der Waals surface area contributed by atoms with Crippen molar-refractivity contribution in [2.45, 2.75) is 6.92 Å². The summed E-state index contributed by atoms with van der Waals surface area (Å²) >= 11 is 1.59. The fourth-order valence-corrected chi connectivity index (χ4v) is 3.61. The summed E-state index contributed by atoms with van der Waals surface area (Å²) in [7, 11) is 0. The normalized spacial score (nSPS) is 11.1. The maximum Gasteiger partial charge on any atom is 0.145 e. The summed E-state index contributed by atoms with van der Waals surface area (Å²) in [5.41, 5.74) is 3.79. The van der Waals surface area contributed by atoms with Crippen LogP contribution in [-0.4, -0.2) is 20.3 Å². The average Bonchev–Trinajstić information content (AvgIpc) is 3.10. The van der Waals surface area contributed by atoms with Gasteiger partial charge in [0.15, 0.2) is 0 Å². The standard InChI is InChI=1S/C17H13N3OS/c1-10-16(11-5-4-6-12(21)9-11)22-17(18-10)15-13-7-2-3-8-14(13)19-20-15/h2-9,21H,1H3,(H,19,20). The SMILES string of the molecule is Cc1nc(-c2n[nH]c3ccccc23)sc1-c1cccc(O)c1. The van der Waals surface area contributed by atoms with Crippen LogP contribution in [-0.2, 0) is 0 Å². The lowest BCUT2D eigenvalue weighted by Crippen LogP contribution is -1.79. The van der Waals surface area contributed by atoms with E-state index in [1.165, 1.54) is 0 Å². The Balaban J connectivity index is 1.86. The van der Waals surface area contributed by atoms with Crippen molar-refractivity contribution in [3.63, 3.8) is 0 Å². The number of nitrogens with one attached hydrogen (secondary N) is 1. The van der Waals surface area contributed by atoms with E-state index in [9.17, 15) is 5.11 Å². The summed E-state index contributed by atoms with van der Waals surface area (Å²) in [6.45, 7) is 1.98. The zero-order chi connectivity index (χ0) is 15.1. The second kappa shape index (κ2) is 4.96. The monoisotopic (exact) mass is 307 g/mol. The highest BCUT2D eigenvalue weighted by molar-refractivity contribution is 7.18. The summed E-state index contributed by atoms with van der Waals surface area (Å²) in [5, 5.41) is 19.1. The van der Waals surface area contributed by atoms with E-state index in [0.29, 0.717) is 0 Å². The summed E-state index contributed by atoms with van der Waals surface area (Å²) < 4.78 is 0. The van der Waals surface area contributed by atoms with Crippen LogP contribution < -0.4 is 0 Å². The zero-order valence-electron chi connectivity index (χ0n) is 11.9. The van der Waals surface area contributed by atoms with E-state index < -0.39 is 0 Å². The molecule has 0 atom stereocenters. The van der Waals surface area contributed by atoms with Gasteiger partial charge in [0.05, 0.1) is 16.1 Å². The van der Waals surface area contributed by atoms with E-state index in [1.807, 2.05) is 43.3 Å². The van der Waals surface area contributed by atoms with E-state index in [1.54, 1.807) is 23.5 Å². The number of para-hydroxylation sites is 1. The third-order valence-electron chi connectivity index (χ3n) is 3.58. The molecule has 0 radical (unpaired) electrons. The maximum atomic E-state index is 9.66. The minimum absolute atomic E-state index is 0.261. The predicted molar refractivity (Wildman–Crippen MR) is 89.0 cm³/mol. The maximum absolute atomic E-state index is 9.66. The minimum atomic E-state index is 0.261. The highest BCUT2D eigenvalue weighted by atomic mass is 32.1. The molecule has 108 valence electrons. The van der Waals surface area contributed by atoms with Crippen LogP contribution in [0.5, 0.6) is 5.75 Å². The number of aromatic nitrogens is 3. The number of hydrogen-bond donors (Lipinski definition) is 2. The molecule has 0 saturated heterocycles. The van der Waals surface area contributed by atoms with Crippen molar-refractivity contribution in [3.8, 4) is 26.9 Å². The van der Waals surface area contributed by atoms with Crippen LogP contribution in [0.15, 0.2) is 48.5 Å². The number of aromatic amines is 1. The van der Waals surface area contributed by atoms with Crippen LogP contribution in [0.3, 0.4) is 0 Å². The molecule has 5 heteroatoms. The Kier molecular flexibility index (Phi) is 2.94. The van der Waals surface area contributed by atoms with Gasteiger partial charge in [-0.1, -0.05) is 30.3 Å². The first-order valence-electron chi connectivity index (χ1n) is 6.92. The number of benzene rings is 2. The molecule has 4 nitrogen and oxygen atoms in total. The van der Waals surface area contributed by atoms with Crippen molar-refractivity contribution < 1.29 is 5.11 Å². The van der Waals surface area contributed by atoms with Gasteiger partial charge in [-0.25, -0.2) is 4.98 Å². The number of hydrogen-bond acceptors (Lipinski definition) is 4. The van der Waals surface area contributed by atoms with Gasteiger partial charge < -0.3 is 5.11 Å². The fourth-order valence-electron chi connectivity index (χ4n) is 2.54. The van der Waals surface area contributed by atoms with Crippen LogP contribution in [0, 0.1) is 6.92 Å². The Hall–Kier alpha value is -2.66. The number of phenols is 1. The van der Waals surface area contributed by atoms with Crippen molar-refractivity contribution >= 4 is 22.2 Å². The number of aryl methyl sites for hydroxylation is 1. The molecule has 2 N–H and O–H groups in total. The largest absolute Gasteiger partial charge is 0.508 e. The molecule has 2 heterocycles. The molecular formula is C17H13N3OS. The molecule has 0 fully saturated rings. The number of H-pyrrole nitrogens is 1. The van der Waals surface area contributed by atoms with Crippen molar-refractivity contribution in [1.29, 1.82) is 0 Å². The van der Waals surface area contributed by atoms with Gasteiger partial charge in [-0.2, -0.15) is 5.10 Å². The van der Waals surface area contributed by atoms with Crippen LogP contribution in [0.25, 0.3) is 32.0 Å². The molecule has 0 aliphatic carbocycles. The number of thiazole rings is 1. The number of aromatic hydroxyl groups is 1. The lowest BCUT2D eigenvalue weighted by molar-refractivity contribution is 0.475. The summed E-state index contributed by atoms with van der Waals surface area (Å²) in [4.78, 5) is 5.72. The first-order valence-corrected chi connectivity index (χ1v) is 7.74. The highest BCUT2D eigenvalue weighted by Gasteiger charge is 2.15. The van der Waals surface area contributed by atoms with Crippen molar-refractivity contribution in [1.82, 2.24) is 15.2 Å². The van der Waals surface area contributed by atoms with Crippen LogP contribution in [0.4, 0.5) is 0 Å². The molecule has 2 aromatic carbocycles. The van der Waals surface area contributed by atoms with Gasteiger partial charge in [0.2, 0.25) is 0 Å². The second-order valence-corrected chi connectivity index (χ2v) is 6.10. The molecule has 4 rings (SSSR count). The summed E-state index contributed by atoms with van der Waals surface area (Å²) in [6.07, 6.45) is 0. The van der Waals surface area contributed by atoms with Gasteiger partial charge in [-0.05, 0) is 30.7 Å². The van der Waals surface area contributed by atoms with E-state index in [2.05, 4.69) is 15.2 Å². The van der Waals surface area contributed by atoms with Crippen molar-refractivity contribution in [2.24, 2.45) is 0 Å². The number of rotatable bonds is 2. The van der Waals surface area contributed by atoms with E-state index in [4.69, 9.17) is 0 Å². The Morgan fingerprint density at radius 1 is 1.09 bits per heavy atom. The second-order valence-electron chi connectivity index (χ2n) is 5.10. The summed E-state index contributed by atoms with van der Waals surface area (Å²) in [5.74, 6) is 0.261. The van der Waals surface area contributed by atoms with Gasteiger partial charge in [0, 0.05) is 5.39 Å². The molecular weight excluding hydrogens is 294 g/mol. The first-order chi connectivity index (χ1) is 10.7. The first kappa shape index (κ1) is 13.0. The Bertz CT molecular complexity index is 971. The third kappa shape index (κ3) is 2.07. The van der Waals surface area contributed by atoms with E-state index in [0.717, 1.165) is 37.7 Å². The molecule has 0 aliphatic rings. The molecule has 0 unspecified atom stereocenters. The Morgan fingerprint density at radius 2 is 1.95 bits per heavy atom. The minimum Gasteiger partial charge on any atom is -0.508 e. The van der Waals surface area contributed by atoms with Gasteiger partial charge in [0.1, 0.15) is 16.5 Å². The number of fused-ring (bicyclic) bond motifs is 1. The van der Waals surface area contributed by atoms with Crippen molar-refractivity contribution in [2.75, 3.05) is 0 Å². The number of nitrogens with zero attached hydrogens (tertiary/aromatic N) is 2. The molecule has 0 saturated carbocycles. The molecule has 22 heavy (non-hydrogen) atoms. The third-order valence-corrected chi connectivity index (χ3v) is 4.79. The topological polar surface area (TPSA) is 61.8 Å². The average molecular weight is 307 g/mol. The van der Waals surface area contributed by atoms with Crippen LogP contribution >= 0.6 is 11.3 Å². The lowest BCUT2D eigenvalue weighted by atomic mass is 10.1. The zero-order valence-corrected chi connectivity index (χ0v) is 12.7. The molecule has 4 aromatic rings. The van der Waals surface area contributed by atoms with Crippen molar-refractivity contribution in [3.05, 3.63) is 54.2 Å². The lowest BCUT2D eigenvalue weighted by Gasteiger charge is -1.98. The highest BCUT2D eigenvalue weighted by Crippen LogP contribution is 2.37. The predicted octanol–water partition coefficient (Wildman–Crippen LogP) is 4.37.